The second-order valence-electron chi connectivity index (χ2n) is 4.70. The lowest BCUT2D eigenvalue weighted by molar-refractivity contribution is 0.102. The monoisotopic (exact) mass is 383 g/mol. The van der Waals surface area contributed by atoms with E-state index in [1.54, 1.807) is 25.3 Å². The molecule has 1 N–H and O–H groups in total. The van der Waals surface area contributed by atoms with E-state index in [9.17, 15) is 4.79 Å². The van der Waals surface area contributed by atoms with E-state index >= 15 is 0 Å². The zero-order valence-electron chi connectivity index (χ0n) is 14.4. The first kappa shape index (κ1) is 19.5. The van der Waals surface area contributed by atoms with Gasteiger partial charge in [-0.2, -0.15) is 0 Å². The molecule has 0 unspecified atom stereocenters. The lowest BCUT2D eigenvalue weighted by atomic mass is 10.2. The fourth-order valence-electron chi connectivity index (χ4n) is 1.89. The van der Waals surface area contributed by atoms with Crippen LogP contribution >= 0.6 is 23.1 Å². The molecule has 0 spiro atoms. The van der Waals surface area contributed by atoms with Crippen molar-refractivity contribution in [3.8, 4) is 11.5 Å². The van der Waals surface area contributed by atoms with Crippen LogP contribution in [0.1, 0.15) is 24.2 Å². The van der Waals surface area contributed by atoms with Crippen molar-refractivity contribution in [1.82, 2.24) is 10.2 Å². The second kappa shape index (κ2) is 10.2. The van der Waals surface area contributed by atoms with Crippen LogP contribution in [0.5, 0.6) is 11.5 Å². The molecule has 2 aromatic rings. The molecule has 1 heterocycles. The summed E-state index contributed by atoms with van der Waals surface area (Å²) in [5, 5.41) is 11.2. The summed E-state index contributed by atoms with van der Waals surface area (Å²) < 4.78 is 16.8. The topological polar surface area (TPSA) is 82.6 Å². The van der Waals surface area contributed by atoms with Crippen molar-refractivity contribution in [1.29, 1.82) is 0 Å². The van der Waals surface area contributed by atoms with Crippen LogP contribution in [0.3, 0.4) is 0 Å². The Morgan fingerprint density at radius 1 is 1.20 bits per heavy atom. The molecule has 136 valence electrons. The van der Waals surface area contributed by atoms with E-state index in [4.69, 9.17) is 14.2 Å². The van der Waals surface area contributed by atoms with Crippen molar-refractivity contribution in [3.05, 3.63) is 23.8 Å². The van der Waals surface area contributed by atoms with Crippen LogP contribution in [-0.2, 0) is 4.74 Å². The van der Waals surface area contributed by atoms with Gasteiger partial charge in [0.1, 0.15) is 0 Å². The highest BCUT2D eigenvalue weighted by Gasteiger charge is 2.14. The molecule has 0 bridgehead atoms. The third-order valence-corrected chi connectivity index (χ3v) is 4.88. The maximum absolute atomic E-state index is 12.4. The molecule has 0 saturated heterocycles. The van der Waals surface area contributed by atoms with Gasteiger partial charge in [0.25, 0.3) is 5.91 Å². The Bertz CT molecular complexity index is 694. The molecule has 1 aromatic heterocycles. The quantitative estimate of drug-likeness (QED) is 0.383. The van der Waals surface area contributed by atoms with Crippen LogP contribution in [-0.4, -0.2) is 48.8 Å². The first-order chi connectivity index (χ1) is 12.2. The molecule has 1 amide bonds. The minimum atomic E-state index is -0.270. The van der Waals surface area contributed by atoms with Gasteiger partial charge >= 0.3 is 0 Å². The minimum Gasteiger partial charge on any atom is -0.490 e. The van der Waals surface area contributed by atoms with E-state index in [2.05, 4.69) is 15.5 Å². The first-order valence-corrected chi connectivity index (χ1v) is 9.64. The molecule has 0 saturated carbocycles. The van der Waals surface area contributed by atoms with Crippen LogP contribution in [0.25, 0.3) is 0 Å². The number of hydrogen-bond acceptors (Lipinski definition) is 8. The van der Waals surface area contributed by atoms with E-state index < -0.39 is 0 Å². The number of thioether (sulfide) groups is 1. The summed E-state index contributed by atoms with van der Waals surface area (Å²) in [5.74, 6) is 1.68. The summed E-state index contributed by atoms with van der Waals surface area (Å²) in [6.45, 7) is 5.43. The van der Waals surface area contributed by atoms with E-state index in [1.807, 2.05) is 13.8 Å². The molecule has 2 rings (SSSR count). The van der Waals surface area contributed by atoms with E-state index in [-0.39, 0.29) is 5.91 Å². The number of carbonyl (C=O) groups excluding carboxylic acids is 1. The number of anilines is 1. The van der Waals surface area contributed by atoms with Gasteiger partial charge in [0.2, 0.25) is 5.13 Å². The maximum Gasteiger partial charge on any atom is 0.257 e. The van der Waals surface area contributed by atoms with E-state index in [0.717, 1.165) is 10.1 Å². The number of benzene rings is 1. The van der Waals surface area contributed by atoms with Crippen LogP contribution in [0.4, 0.5) is 5.13 Å². The number of aromatic nitrogens is 2. The molecule has 1 aromatic carbocycles. The largest absolute Gasteiger partial charge is 0.490 e. The van der Waals surface area contributed by atoms with Crippen molar-refractivity contribution >= 4 is 34.1 Å². The van der Waals surface area contributed by atoms with Gasteiger partial charge in [0, 0.05) is 18.4 Å². The van der Waals surface area contributed by atoms with Crippen LogP contribution in [0, 0.1) is 0 Å². The highest BCUT2D eigenvalue weighted by molar-refractivity contribution is 8.01. The number of nitrogens with one attached hydrogen (secondary N) is 1. The standard InChI is InChI=1S/C16H21N3O4S2/c1-4-22-12-7-6-11(10-13(12)23-5-2)14(20)17-15-18-19-16(25-15)24-9-8-21-3/h6-7,10H,4-5,8-9H2,1-3H3,(H,17,18,20). The molecule has 9 heteroatoms. The fraction of sp³-hybridized carbons (Fsp3) is 0.438. The average Bonchev–Trinajstić information content (AvgIpc) is 3.04. The Balaban J connectivity index is 2.03. The van der Waals surface area contributed by atoms with Crippen molar-refractivity contribution in [2.24, 2.45) is 0 Å². The lowest BCUT2D eigenvalue weighted by Crippen LogP contribution is -2.12. The highest BCUT2D eigenvalue weighted by Crippen LogP contribution is 2.29. The smallest absolute Gasteiger partial charge is 0.257 e. The number of amides is 1. The third kappa shape index (κ3) is 5.87. The van der Waals surface area contributed by atoms with Crippen LogP contribution in [0.2, 0.25) is 0 Å². The normalized spacial score (nSPS) is 10.5. The number of methoxy groups -OCH3 is 1. The highest BCUT2D eigenvalue weighted by atomic mass is 32.2. The molecule has 0 fully saturated rings. The predicted molar refractivity (Wildman–Crippen MR) is 99.2 cm³/mol. The molecular weight excluding hydrogens is 362 g/mol. The van der Waals surface area contributed by atoms with Crippen molar-refractivity contribution < 1.29 is 19.0 Å². The van der Waals surface area contributed by atoms with Gasteiger partial charge in [-0.15, -0.1) is 10.2 Å². The number of carbonyl (C=O) groups is 1. The first-order valence-electron chi connectivity index (χ1n) is 7.84. The average molecular weight is 383 g/mol. The summed E-state index contributed by atoms with van der Waals surface area (Å²) >= 11 is 2.87. The summed E-state index contributed by atoms with van der Waals surface area (Å²) in [4.78, 5) is 12.4. The molecule has 0 aliphatic rings. The van der Waals surface area contributed by atoms with Crippen LogP contribution in [0.15, 0.2) is 22.5 Å². The zero-order chi connectivity index (χ0) is 18.1. The van der Waals surface area contributed by atoms with E-state index in [1.165, 1.54) is 23.1 Å². The SMILES string of the molecule is CCOc1ccc(C(=O)Nc2nnc(SCCOC)s2)cc1OCC. The molecule has 0 radical (unpaired) electrons. The molecule has 0 aliphatic carbocycles. The molecule has 0 atom stereocenters. The van der Waals surface area contributed by atoms with Crippen molar-refractivity contribution in [2.75, 3.05) is 38.0 Å². The van der Waals surface area contributed by atoms with Gasteiger partial charge in [0.05, 0.1) is 19.8 Å². The number of nitrogens with zero attached hydrogens (tertiary/aromatic N) is 2. The lowest BCUT2D eigenvalue weighted by Gasteiger charge is -2.12. The van der Waals surface area contributed by atoms with Gasteiger partial charge in [0.15, 0.2) is 15.8 Å². The van der Waals surface area contributed by atoms with Gasteiger partial charge in [-0.25, -0.2) is 0 Å². The van der Waals surface area contributed by atoms with Crippen molar-refractivity contribution in [3.63, 3.8) is 0 Å². The fourth-order valence-corrected chi connectivity index (χ4v) is 3.61. The van der Waals surface area contributed by atoms with Crippen molar-refractivity contribution in [2.45, 2.75) is 18.2 Å². The summed E-state index contributed by atoms with van der Waals surface area (Å²) in [6.07, 6.45) is 0. The van der Waals surface area contributed by atoms with E-state index in [0.29, 0.717) is 42.0 Å². The zero-order valence-corrected chi connectivity index (χ0v) is 16.0. The Labute approximate surface area is 155 Å². The molecular formula is C16H21N3O4S2. The Morgan fingerprint density at radius 2 is 1.96 bits per heavy atom. The number of ether oxygens (including phenoxy) is 3. The molecule has 25 heavy (non-hydrogen) atoms. The van der Waals surface area contributed by atoms with Gasteiger partial charge in [-0.05, 0) is 32.0 Å². The van der Waals surface area contributed by atoms with Gasteiger partial charge in [-0.3, -0.25) is 10.1 Å². The van der Waals surface area contributed by atoms with Gasteiger partial charge in [-0.1, -0.05) is 23.1 Å². The van der Waals surface area contributed by atoms with Crippen LogP contribution < -0.4 is 14.8 Å². The minimum absolute atomic E-state index is 0.270. The predicted octanol–water partition coefficient (Wildman–Crippen LogP) is 3.33. The number of rotatable bonds is 10. The molecule has 7 nitrogen and oxygen atoms in total. The molecule has 0 aliphatic heterocycles. The Morgan fingerprint density at radius 3 is 2.68 bits per heavy atom. The summed E-state index contributed by atoms with van der Waals surface area (Å²) in [5.41, 5.74) is 0.468. The maximum atomic E-state index is 12.4. The Hall–Kier alpha value is -1.84. The summed E-state index contributed by atoms with van der Waals surface area (Å²) in [7, 11) is 1.65. The summed E-state index contributed by atoms with van der Waals surface area (Å²) in [6, 6.07) is 5.09. The number of hydrogen-bond donors (Lipinski definition) is 1. The second-order valence-corrected chi connectivity index (χ2v) is 7.02. The Kier molecular flexibility index (Phi) is 7.96. The third-order valence-electron chi connectivity index (χ3n) is 2.95. The van der Waals surface area contributed by atoms with Gasteiger partial charge < -0.3 is 14.2 Å².